The first-order valence-electron chi connectivity index (χ1n) is 12.3. The molecule has 0 unspecified atom stereocenters. The van der Waals surface area contributed by atoms with Gasteiger partial charge in [0.1, 0.15) is 36.6 Å². The van der Waals surface area contributed by atoms with Crippen molar-refractivity contribution in [2.75, 3.05) is 13.2 Å². The number of phosphoric ester groups is 2. The van der Waals surface area contributed by atoms with Gasteiger partial charge in [0.25, 0.3) is 11.1 Å². The van der Waals surface area contributed by atoms with Crippen molar-refractivity contribution in [3.05, 3.63) is 65.2 Å². The number of H-pyrrole nitrogens is 2. The van der Waals surface area contributed by atoms with Crippen LogP contribution in [-0.4, -0.2) is 109 Å². The molecule has 0 radical (unpaired) electrons. The second-order valence-corrected chi connectivity index (χ2v) is 12.1. The van der Waals surface area contributed by atoms with Crippen LogP contribution < -0.4 is 22.5 Å². The van der Waals surface area contributed by atoms with E-state index in [4.69, 9.17) is 29.0 Å². The van der Waals surface area contributed by atoms with E-state index in [2.05, 4.69) is 9.05 Å². The fraction of sp³-hybridized carbons (Fsp3) is 0.600. The molecule has 24 heteroatoms. The number of nitrogens with zero attached hydrogens (tertiary/aromatic N) is 2. The average Bonchev–Trinajstić information content (AvgIpc) is 3.35. The van der Waals surface area contributed by atoms with Crippen LogP contribution >= 0.6 is 15.6 Å². The van der Waals surface area contributed by atoms with Crippen LogP contribution in [0.5, 0.6) is 0 Å². The molecule has 4 rings (SSSR count). The maximum absolute atomic E-state index is 11.7. The molecule has 2 aromatic heterocycles. The maximum Gasteiger partial charge on any atom is 0.469 e. The molecule has 0 aromatic carbocycles. The Kier molecular flexibility index (Phi) is 11.2. The normalized spacial score (nSPS) is 29.0. The van der Waals surface area contributed by atoms with Crippen molar-refractivity contribution in [2.45, 2.75) is 62.9 Å². The fourth-order valence-corrected chi connectivity index (χ4v) is 4.77. The second kappa shape index (κ2) is 13.8. The molecule has 2 aliphatic heterocycles. The number of aromatic nitrogens is 4. The molecule has 0 spiro atoms. The molecule has 4 heterocycles. The first-order chi connectivity index (χ1) is 20.2. The molecule has 22 nitrogen and oxygen atoms in total. The largest absolute Gasteiger partial charge is 0.469 e. The summed E-state index contributed by atoms with van der Waals surface area (Å²) in [6.07, 6.45) is -9.04. The number of hydrogen-bond donors (Lipinski definition) is 10. The van der Waals surface area contributed by atoms with Crippen LogP contribution in [0.25, 0.3) is 0 Å². The van der Waals surface area contributed by atoms with Gasteiger partial charge >= 0.3 is 27.0 Å². The third kappa shape index (κ3) is 8.74. The van der Waals surface area contributed by atoms with Gasteiger partial charge in [-0.1, -0.05) is 0 Å². The minimum Gasteiger partial charge on any atom is -0.387 e. The first kappa shape index (κ1) is 35.8. The highest BCUT2D eigenvalue weighted by molar-refractivity contribution is 7.46. The van der Waals surface area contributed by atoms with Gasteiger partial charge in [0.15, 0.2) is 12.5 Å². The lowest BCUT2D eigenvalue weighted by Gasteiger charge is -2.17. The predicted octanol–water partition coefficient (Wildman–Crippen LogP) is -4.85. The zero-order chi connectivity index (χ0) is 33.3. The van der Waals surface area contributed by atoms with E-state index in [1.165, 1.54) is 13.8 Å². The third-order valence-corrected chi connectivity index (χ3v) is 7.30. The van der Waals surface area contributed by atoms with Crippen molar-refractivity contribution in [3.63, 3.8) is 0 Å². The molecular weight excluding hydrogens is 646 g/mol. The smallest absolute Gasteiger partial charge is 0.387 e. The van der Waals surface area contributed by atoms with E-state index in [-0.39, 0.29) is 11.1 Å². The zero-order valence-electron chi connectivity index (χ0n) is 22.6. The van der Waals surface area contributed by atoms with Gasteiger partial charge in [0, 0.05) is 23.5 Å². The lowest BCUT2D eigenvalue weighted by atomic mass is 10.1. The number of hydrogen-bond acceptors (Lipinski definition) is 14. The van der Waals surface area contributed by atoms with Crippen LogP contribution in [0.4, 0.5) is 0 Å². The molecule has 10 N–H and O–H groups in total. The molecule has 44 heavy (non-hydrogen) atoms. The van der Waals surface area contributed by atoms with Crippen LogP contribution in [-0.2, 0) is 27.7 Å². The Balaban J connectivity index is 0.000000240. The molecule has 0 bridgehead atoms. The predicted molar refractivity (Wildman–Crippen MR) is 140 cm³/mol. The van der Waals surface area contributed by atoms with Crippen molar-refractivity contribution in [2.24, 2.45) is 0 Å². The Hall–Kier alpha value is -2.66. The third-order valence-electron chi connectivity index (χ3n) is 6.33. The average molecular weight is 676 g/mol. The van der Waals surface area contributed by atoms with E-state index < -0.39 is 100 Å². The molecule has 2 aliphatic rings. The summed E-state index contributed by atoms with van der Waals surface area (Å²) < 4.78 is 41.9. The lowest BCUT2D eigenvalue weighted by Crippen LogP contribution is -2.38. The van der Waals surface area contributed by atoms with Crippen LogP contribution in [0, 0.1) is 13.8 Å². The van der Waals surface area contributed by atoms with Crippen molar-refractivity contribution >= 4 is 15.6 Å². The highest BCUT2D eigenvalue weighted by atomic mass is 31.2. The first-order valence-corrected chi connectivity index (χ1v) is 15.3. The molecule has 0 amide bonds. The van der Waals surface area contributed by atoms with E-state index in [1.807, 2.05) is 9.97 Å². The maximum atomic E-state index is 11.7. The van der Waals surface area contributed by atoms with Gasteiger partial charge in [-0.05, 0) is 13.8 Å². The Morgan fingerprint density at radius 3 is 1.30 bits per heavy atom. The van der Waals surface area contributed by atoms with Gasteiger partial charge in [-0.2, -0.15) is 0 Å². The lowest BCUT2D eigenvalue weighted by molar-refractivity contribution is -0.0544. The SMILES string of the molecule is Cc1cn([C@@H]2O[C@H](COP(=O)(O)O)[C@@H](O)[C@H]2O)c(=O)[nH]c1=O.Cc1cn([C@@H]2O[C@H](COP(=O)(O)O)[C@@H](O)[C@H]2O)c(=O)[nH]c1=O. The van der Waals surface area contributed by atoms with Crippen molar-refractivity contribution in [1.82, 2.24) is 19.1 Å². The Labute approximate surface area is 244 Å². The van der Waals surface area contributed by atoms with Crippen LogP contribution in [0.15, 0.2) is 31.6 Å². The van der Waals surface area contributed by atoms with E-state index in [9.17, 15) is 48.7 Å². The zero-order valence-corrected chi connectivity index (χ0v) is 24.4. The summed E-state index contributed by atoms with van der Waals surface area (Å²) in [6, 6.07) is 0. The van der Waals surface area contributed by atoms with Crippen LogP contribution in [0.2, 0.25) is 0 Å². The van der Waals surface area contributed by atoms with Crippen molar-refractivity contribution in [3.8, 4) is 0 Å². The topological polar surface area (TPSA) is 343 Å². The van der Waals surface area contributed by atoms with Gasteiger partial charge < -0.3 is 49.5 Å². The van der Waals surface area contributed by atoms with E-state index in [1.54, 1.807) is 0 Å². The molecular formula is C20H30N4O18P2. The Morgan fingerprint density at radius 2 is 1.00 bits per heavy atom. The summed E-state index contributed by atoms with van der Waals surface area (Å²) in [7, 11) is -9.54. The number of ether oxygens (including phenoxy) is 2. The van der Waals surface area contributed by atoms with E-state index in [0.29, 0.717) is 0 Å². The van der Waals surface area contributed by atoms with Gasteiger partial charge in [-0.15, -0.1) is 0 Å². The highest BCUT2D eigenvalue weighted by Crippen LogP contribution is 2.39. The summed E-state index contributed by atoms with van der Waals surface area (Å²) in [4.78, 5) is 84.6. The number of phosphoric acid groups is 2. The Bertz CT molecular complexity index is 1540. The fourth-order valence-electron chi connectivity index (χ4n) is 4.08. The van der Waals surface area contributed by atoms with E-state index in [0.717, 1.165) is 21.5 Å². The number of rotatable bonds is 8. The summed E-state index contributed by atoms with van der Waals surface area (Å²) in [6.45, 7) is 1.49. The van der Waals surface area contributed by atoms with Crippen molar-refractivity contribution in [1.29, 1.82) is 0 Å². The quantitative estimate of drug-likeness (QED) is 0.117. The number of nitrogens with one attached hydrogen (secondary N) is 2. The monoisotopic (exact) mass is 676 g/mol. The van der Waals surface area contributed by atoms with Gasteiger partial charge in [-0.25, -0.2) is 18.7 Å². The molecule has 2 aromatic rings. The van der Waals surface area contributed by atoms with Crippen molar-refractivity contribution < 1.29 is 67.7 Å². The Morgan fingerprint density at radius 1 is 0.682 bits per heavy atom. The molecule has 0 saturated carbocycles. The molecule has 8 atom stereocenters. The molecule has 248 valence electrons. The highest BCUT2D eigenvalue weighted by Gasteiger charge is 2.46. The summed E-state index contributed by atoms with van der Waals surface area (Å²) in [5.74, 6) is 0. The van der Waals surface area contributed by atoms with Gasteiger partial charge in [0.2, 0.25) is 0 Å². The van der Waals surface area contributed by atoms with Gasteiger partial charge in [-0.3, -0.25) is 37.7 Å². The summed E-state index contributed by atoms with van der Waals surface area (Å²) in [5.41, 5.74) is -2.56. The number of aliphatic hydroxyl groups excluding tert-OH is 4. The van der Waals surface area contributed by atoms with Crippen LogP contribution in [0.3, 0.4) is 0 Å². The van der Waals surface area contributed by atoms with E-state index >= 15 is 0 Å². The molecule has 2 fully saturated rings. The molecule has 2 saturated heterocycles. The molecule has 0 aliphatic carbocycles. The van der Waals surface area contributed by atoms with Gasteiger partial charge in [0.05, 0.1) is 13.2 Å². The standard InChI is InChI=1S/2C10H15N2O9P/c2*1-4-2-12(10(16)11-8(4)15)9-7(14)6(13)5(21-9)3-20-22(17,18)19/h2*2,5-7,9,13-14H,3H2,1H3,(H,11,15,16)(H2,17,18,19)/t2*5-,6-,7-,9-/m11/s1. The number of aryl methyl sites for hydroxylation is 2. The minimum absolute atomic E-state index is 0.180. The second-order valence-electron chi connectivity index (χ2n) is 9.62. The number of aromatic amines is 2. The summed E-state index contributed by atoms with van der Waals surface area (Å²) in [5, 5.41) is 39.4. The van der Waals surface area contributed by atoms with Crippen LogP contribution in [0.1, 0.15) is 23.6 Å². The number of aliphatic hydroxyl groups is 4. The minimum atomic E-state index is -4.77. The summed E-state index contributed by atoms with van der Waals surface area (Å²) >= 11 is 0.